The summed E-state index contributed by atoms with van der Waals surface area (Å²) in [5, 5.41) is 4.07. The highest BCUT2D eigenvalue weighted by molar-refractivity contribution is 7.43. The number of hydrogen-bond acceptors (Lipinski definition) is 6. The fourth-order valence-electron chi connectivity index (χ4n) is 6.25. The second kappa shape index (κ2) is 11.1. The lowest BCUT2D eigenvalue weighted by Gasteiger charge is -2.27. The summed E-state index contributed by atoms with van der Waals surface area (Å²) in [6.45, 7) is 8.31. The Bertz CT molecular complexity index is 1900. The average molecular weight is 633 g/mol. The third kappa shape index (κ3) is 5.19. The molecule has 0 fully saturated rings. The molecule has 2 aliphatic rings. The van der Waals surface area contributed by atoms with Crippen LogP contribution in [-0.4, -0.2) is 0 Å². The highest BCUT2D eigenvalue weighted by Crippen LogP contribution is 2.54. The van der Waals surface area contributed by atoms with E-state index in [2.05, 4.69) is 76.2 Å². The quantitative estimate of drug-likeness (QED) is 0.170. The summed E-state index contributed by atoms with van der Waals surface area (Å²) >= 11 is 0. The molecule has 0 atom stereocenters. The third-order valence-corrected chi connectivity index (χ3v) is 10.1. The number of hydrogen-bond donors (Lipinski definition) is 0. The van der Waals surface area contributed by atoms with E-state index < -0.39 is 17.2 Å². The summed E-state index contributed by atoms with van der Waals surface area (Å²) < 4.78 is 38.3. The molecule has 6 aromatic carbocycles. The van der Waals surface area contributed by atoms with Crippen LogP contribution in [0.5, 0.6) is 34.5 Å². The normalized spacial score (nSPS) is 14.0. The van der Waals surface area contributed by atoms with Gasteiger partial charge in [0.2, 0.25) is 0 Å². The van der Waals surface area contributed by atoms with Crippen molar-refractivity contribution in [2.24, 2.45) is 0 Å². The van der Waals surface area contributed by atoms with Crippen molar-refractivity contribution in [1.29, 1.82) is 0 Å². The predicted molar refractivity (Wildman–Crippen MR) is 180 cm³/mol. The largest absolute Gasteiger partial charge is 0.530 e. The van der Waals surface area contributed by atoms with Crippen LogP contribution in [0, 0.1) is 27.7 Å². The van der Waals surface area contributed by atoms with Gasteiger partial charge in [0.15, 0.2) is 0 Å². The fourth-order valence-corrected chi connectivity index (χ4v) is 8.54. The SMILES string of the molecule is Cc1cc(C)c(OP2Oc3cccc4cccc(c34)O2)c(Cc2cc(C)cc(C)c2OP2Oc3cccc4cccc(c34)O2)c1. The zero-order valence-electron chi connectivity index (χ0n) is 25.3. The van der Waals surface area contributed by atoms with E-state index in [1.54, 1.807) is 0 Å². The van der Waals surface area contributed by atoms with Gasteiger partial charge in [-0.25, -0.2) is 0 Å². The number of aryl methyl sites for hydroxylation is 4. The van der Waals surface area contributed by atoms with Gasteiger partial charge in [0, 0.05) is 6.42 Å². The molecule has 0 radical (unpaired) electrons. The second-order valence-electron chi connectivity index (χ2n) is 11.5. The Kier molecular flexibility index (Phi) is 6.93. The molecule has 0 N–H and O–H groups in total. The first-order valence-electron chi connectivity index (χ1n) is 14.8. The molecule has 2 heterocycles. The molecule has 0 bridgehead atoms. The zero-order chi connectivity index (χ0) is 30.7. The second-order valence-corrected chi connectivity index (χ2v) is 13.5. The van der Waals surface area contributed by atoms with Gasteiger partial charge in [0.1, 0.15) is 34.5 Å². The Labute approximate surface area is 264 Å². The minimum atomic E-state index is -1.72. The lowest BCUT2D eigenvalue weighted by atomic mass is 9.96. The first-order valence-corrected chi connectivity index (χ1v) is 17.0. The maximum atomic E-state index is 6.59. The average Bonchev–Trinajstić information content (AvgIpc) is 3.01. The van der Waals surface area contributed by atoms with Crippen LogP contribution < -0.4 is 27.1 Å². The van der Waals surface area contributed by atoms with Gasteiger partial charge in [-0.05, 0) is 85.0 Å². The fraction of sp³-hybridized carbons (Fsp3) is 0.135. The molecule has 224 valence electrons. The van der Waals surface area contributed by atoms with Gasteiger partial charge in [-0.1, -0.05) is 83.9 Å². The van der Waals surface area contributed by atoms with E-state index in [9.17, 15) is 0 Å². The van der Waals surface area contributed by atoms with Gasteiger partial charge < -0.3 is 27.1 Å². The smallest absolute Gasteiger partial charge is 0.408 e. The van der Waals surface area contributed by atoms with Crippen molar-refractivity contribution in [2.75, 3.05) is 0 Å². The zero-order valence-corrected chi connectivity index (χ0v) is 27.1. The Morgan fingerprint density at radius 2 is 0.844 bits per heavy atom. The first kappa shape index (κ1) is 28.0. The van der Waals surface area contributed by atoms with E-state index in [-0.39, 0.29) is 0 Å². The first-order chi connectivity index (χ1) is 21.9. The van der Waals surface area contributed by atoms with Crippen molar-refractivity contribution >= 4 is 38.7 Å². The third-order valence-electron chi connectivity index (χ3n) is 8.05. The molecule has 0 saturated carbocycles. The van der Waals surface area contributed by atoms with E-state index in [4.69, 9.17) is 27.1 Å². The number of benzene rings is 6. The summed E-state index contributed by atoms with van der Waals surface area (Å²) in [6, 6.07) is 32.6. The van der Waals surface area contributed by atoms with Crippen LogP contribution in [0.15, 0.2) is 97.1 Å². The molecule has 45 heavy (non-hydrogen) atoms. The van der Waals surface area contributed by atoms with Crippen LogP contribution in [0.2, 0.25) is 0 Å². The maximum Gasteiger partial charge on any atom is 0.530 e. The molecule has 0 unspecified atom stereocenters. The molecule has 2 aliphatic heterocycles. The molecular weight excluding hydrogens is 602 g/mol. The van der Waals surface area contributed by atoms with Crippen molar-refractivity contribution in [3.63, 3.8) is 0 Å². The van der Waals surface area contributed by atoms with Crippen LogP contribution in [0.1, 0.15) is 33.4 Å². The van der Waals surface area contributed by atoms with Gasteiger partial charge in [-0.3, -0.25) is 0 Å². The van der Waals surface area contributed by atoms with Crippen molar-refractivity contribution in [2.45, 2.75) is 34.1 Å². The van der Waals surface area contributed by atoms with Gasteiger partial charge in [-0.15, -0.1) is 0 Å². The van der Waals surface area contributed by atoms with Crippen LogP contribution in [0.4, 0.5) is 0 Å². The van der Waals surface area contributed by atoms with Crippen LogP contribution in [0.3, 0.4) is 0 Å². The molecule has 0 saturated heterocycles. The predicted octanol–water partition coefficient (Wildman–Crippen LogP) is 11.0. The standard InChI is InChI=1S/C37H30O6P2/c1-22-17-24(3)36(42-44-38-30-13-5-9-26-10-6-14-31(39-44)34(26)30)28(19-22)21-29-20-23(2)18-25(4)37(29)43-45-40-32-15-7-11-27-12-8-16-33(41-45)35(27)32/h5-20H,21H2,1-4H3. The Hall–Kier alpha value is -4.50. The van der Waals surface area contributed by atoms with E-state index in [1.165, 1.54) is 0 Å². The lowest BCUT2D eigenvalue weighted by Crippen LogP contribution is -2.10. The van der Waals surface area contributed by atoms with E-state index >= 15 is 0 Å². The van der Waals surface area contributed by atoms with Crippen molar-refractivity contribution in [1.82, 2.24) is 0 Å². The van der Waals surface area contributed by atoms with Crippen LogP contribution >= 0.6 is 17.2 Å². The minimum Gasteiger partial charge on any atom is -0.408 e. The molecule has 6 aromatic rings. The van der Waals surface area contributed by atoms with Crippen LogP contribution in [0.25, 0.3) is 21.5 Å². The van der Waals surface area contributed by atoms with Gasteiger partial charge in [-0.2, -0.15) is 0 Å². The van der Waals surface area contributed by atoms with Gasteiger partial charge in [0.25, 0.3) is 0 Å². The van der Waals surface area contributed by atoms with Crippen molar-refractivity contribution in [3.8, 4) is 34.5 Å². The maximum absolute atomic E-state index is 6.59. The molecule has 0 spiro atoms. The minimum absolute atomic E-state index is 0.570. The molecule has 0 aromatic heterocycles. The summed E-state index contributed by atoms with van der Waals surface area (Å²) in [6.07, 6.45) is 0.570. The van der Waals surface area contributed by atoms with Gasteiger partial charge in [0.05, 0.1) is 10.8 Å². The highest BCUT2D eigenvalue weighted by Gasteiger charge is 2.31. The summed E-state index contributed by atoms with van der Waals surface area (Å²) in [5.74, 6) is 4.57. The Morgan fingerprint density at radius 1 is 0.489 bits per heavy atom. The molecule has 0 aliphatic carbocycles. The Morgan fingerprint density at radius 3 is 1.20 bits per heavy atom. The highest BCUT2D eigenvalue weighted by atomic mass is 31.2. The monoisotopic (exact) mass is 632 g/mol. The lowest BCUT2D eigenvalue weighted by molar-refractivity contribution is 0.377. The molecule has 0 amide bonds. The van der Waals surface area contributed by atoms with Crippen LogP contribution in [-0.2, 0) is 6.42 Å². The summed E-state index contributed by atoms with van der Waals surface area (Å²) in [5.41, 5.74) is 6.34. The molecule has 8 heteroatoms. The number of rotatable bonds is 6. The molecule has 8 rings (SSSR count). The Balaban J connectivity index is 1.11. The van der Waals surface area contributed by atoms with Crippen molar-refractivity contribution < 1.29 is 27.1 Å². The van der Waals surface area contributed by atoms with Crippen molar-refractivity contribution in [3.05, 3.63) is 130 Å². The van der Waals surface area contributed by atoms with E-state index in [0.29, 0.717) is 6.42 Å². The summed E-state index contributed by atoms with van der Waals surface area (Å²) in [4.78, 5) is 0. The van der Waals surface area contributed by atoms with E-state index in [1.807, 2.05) is 48.5 Å². The molecule has 6 nitrogen and oxygen atoms in total. The topological polar surface area (TPSA) is 55.4 Å². The molecular formula is C37H30O6P2. The van der Waals surface area contributed by atoms with E-state index in [0.717, 1.165) is 89.4 Å². The summed E-state index contributed by atoms with van der Waals surface area (Å²) in [7, 11) is -3.44. The van der Waals surface area contributed by atoms with Gasteiger partial charge >= 0.3 is 17.2 Å².